The van der Waals surface area contributed by atoms with Crippen LogP contribution in [0.4, 0.5) is 0 Å². The topological polar surface area (TPSA) is 106 Å². The summed E-state index contributed by atoms with van der Waals surface area (Å²) in [4.78, 5) is 26.0. The van der Waals surface area contributed by atoms with Gasteiger partial charge in [-0.1, -0.05) is 6.08 Å². The second-order valence-corrected chi connectivity index (χ2v) is 7.43. The number of hydrogen-bond donors (Lipinski definition) is 2. The van der Waals surface area contributed by atoms with E-state index in [2.05, 4.69) is 4.90 Å². The van der Waals surface area contributed by atoms with Crippen molar-refractivity contribution < 1.29 is 34.0 Å². The average molecular weight is 371 g/mol. The number of methoxy groups -OCH3 is 1. The van der Waals surface area contributed by atoms with Gasteiger partial charge in [-0.2, -0.15) is 0 Å². The number of rotatable bonds is 7. The van der Waals surface area contributed by atoms with E-state index in [-0.39, 0.29) is 24.7 Å². The van der Waals surface area contributed by atoms with Gasteiger partial charge in [0.05, 0.1) is 12.1 Å². The Hall–Kier alpha value is -1.48. The van der Waals surface area contributed by atoms with E-state index in [0.29, 0.717) is 6.54 Å². The predicted molar refractivity (Wildman–Crippen MR) is 92.3 cm³/mol. The molecule has 2 rings (SSSR count). The monoisotopic (exact) mass is 371 g/mol. The molecular weight excluding hydrogens is 342 g/mol. The fourth-order valence-electron chi connectivity index (χ4n) is 3.68. The Kier molecular flexibility index (Phi) is 6.12. The van der Waals surface area contributed by atoms with Crippen LogP contribution >= 0.6 is 0 Å². The average Bonchev–Trinajstić information content (AvgIpc) is 3.12. The van der Waals surface area contributed by atoms with Gasteiger partial charge in [-0.3, -0.25) is 9.69 Å². The number of nitrogens with zero attached hydrogens (tertiary/aromatic N) is 1. The molecule has 2 aliphatic heterocycles. The largest absolute Gasteiger partial charge is 0.460 e. The van der Waals surface area contributed by atoms with Crippen molar-refractivity contribution in [1.29, 1.82) is 0 Å². The van der Waals surface area contributed by atoms with E-state index in [9.17, 15) is 19.8 Å². The van der Waals surface area contributed by atoms with Gasteiger partial charge in [0.2, 0.25) is 5.60 Å². The molecular formula is C18H29NO7. The fourth-order valence-corrected chi connectivity index (χ4v) is 3.68. The van der Waals surface area contributed by atoms with Crippen molar-refractivity contribution in [3.05, 3.63) is 11.6 Å². The van der Waals surface area contributed by atoms with Crippen molar-refractivity contribution in [2.45, 2.75) is 63.6 Å². The van der Waals surface area contributed by atoms with E-state index in [0.717, 1.165) is 18.5 Å². The summed E-state index contributed by atoms with van der Waals surface area (Å²) in [5.74, 6) is -1.30. The van der Waals surface area contributed by atoms with Crippen LogP contribution in [0.25, 0.3) is 0 Å². The molecule has 8 nitrogen and oxygen atoms in total. The highest BCUT2D eigenvalue weighted by atomic mass is 16.6. The van der Waals surface area contributed by atoms with E-state index in [4.69, 9.17) is 14.2 Å². The molecule has 0 amide bonds. The van der Waals surface area contributed by atoms with E-state index in [1.165, 1.54) is 34.8 Å². The van der Waals surface area contributed by atoms with Gasteiger partial charge < -0.3 is 24.4 Å². The van der Waals surface area contributed by atoms with Crippen LogP contribution in [0, 0.1) is 0 Å². The minimum atomic E-state index is -2.22. The molecule has 0 spiro atoms. The maximum atomic E-state index is 12.6. The Balaban J connectivity index is 2.07. The first kappa shape index (κ1) is 20.8. The van der Waals surface area contributed by atoms with Crippen LogP contribution < -0.4 is 0 Å². The molecule has 26 heavy (non-hydrogen) atoms. The molecule has 2 N–H and O–H groups in total. The second-order valence-electron chi connectivity index (χ2n) is 7.43. The van der Waals surface area contributed by atoms with E-state index < -0.39 is 23.3 Å². The van der Waals surface area contributed by atoms with Crippen molar-refractivity contribution in [2.24, 2.45) is 0 Å². The first-order valence-corrected chi connectivity index (χ1v) is 8.77. The van der Waals surface area contributed by atoms with Crippen LogP contribution in [0.5, 0.6) is 0 Å². The molecule has 1 saturated heterocycles. The Bertz CT molecular complexity index is 583. The zero-order valence-corrected chi connectivity index (χ0v) is 16.0. The zero-order valence-electron chi connectivity index (χ0n) is 16.0. The minimum absolute atomic E-state index is 0.0490. The Morgan fingerprint density at radius 3 is 2.58 bits per heavy atom. The van der Waals surface area contributed by atoms with Gasteiger partial charge >= 0.3 is 11.9 Å². The quantitative estimate of drug-likeness (QED) is 0.476. The lowest BCUT2D eigenvalue weighted by atomic mass is 9.81. The lowest BCUT2D eigenvalue weighted by Crippen LogP contribution is -2.63. The van der Waals surface area contributed by atoms with Crippen molar-refractivity contribution in [3.8, 4) is 0 Å². The van der Waals surface area contributed by atoms with Gasteiger partial charge in [0.1, 0.15) is 18.3 Å². The third-order valence-electron chi connectivity index (χ3n) is 5.29. The molecule has 0 radical (unpaired) electrons. The summed E-state index contributed by atoms with van der Waals surface area (Å²) in [6.45, 7) is 6.96. The summed E-state index contributed by atoms with van der Waals surface area (Å²) < 4.78 is 15.8. The smallest absolute Gasteiger partial charge is 0.344 e. The maximum absolute atomic E-state index is 12.6. The summed E-state index contributed by atoms with van der Waals surface area (Å²) in [6, 6.07) is -0.123. The Labute approximate surface area is 153 Å². The number of fused-ring (bicyclic) bond motifs is 1. The second kappa shape index (κ2) is 7.64. The first-order valence-electron chi connectivity index (χ1n) is 8.77. The first-order chi connectivity index (χ1) is 12.0. The van der Waals surface area contributed by atoms with Crippen LogP contribution in [0.1, 0.15) is 34.1 Å². The van der Waals surface area contributed by atoms with Crippen LogP contribution in [-0.4, -0.2) is 83.3 Å². The lowest BCUT2D eigenvalue weighted by Gasteiger charge is -2.40. The Morgan fingerprint density at radius 1 is 1.38 bits per heavy atom. The normalized spacial score (nSPS) is 26.7. The number of hydrogen-bond acceptors (Lipinski definition) is 8. The molecule has 0 aliphatic carbocycles. The summed E-state index contributed by atoms with van der Waals surface area (Å²) in [6.07, 6.45) is 1.43. The lowest BCUT2D eigenvalue weighted by molar-refractivity contribution is -0.216. The van der Waals surface area contributed by atoms with Crippen molar-refractivity contribution in [2.75, 3.05) is 26.8 Å². The highest BCUT2D eigenvalue weighted by molar-refractivity contribution is 5.82. The number of carbonyl (C=O) groups is 2. The molecule has 8 heteroatoms. The molecule has 1 unspecified atom stereocenters. The SMILES string of the molecule is CO[C@@H](C)[C@](O)(C(=O)OCC1=CCN2CC[C@H](OC(C)=O)C12)C(C)(C)O. The van der Waals surface area contributed by atoms with Crippen molar-refractivity contribution in [1.82, 2.24) is 4.90 Å². The number of aliphatic hydroxyl groups is 2. The minimum Gasteiger partial charge on any atom is -0.460 e. The van der Waals surface area contributed by atoms with E-state index in [1.54, 1.807) is 0 Å². The molecule has 2 aliphatic rings. The van der Waals surface area contributed by atoms with Gasteiger partial charge in [-0.25, -0.2) is 4.79 Å². The van der Waals surface area contributed by atoms with Crippen LogP contribution in [0.2, 0.25) is 0 Å². The van der Waals surface area contributed by atoms with E-state index >= 15 is 0 Å². The zero-order chi connectivity index (χ0) is 19.7. The molecule has 148 valence electrons. The van der Waals surface area contributed by atoms with Gasteiger partial charge in [0.25, 0.3) is 0 Å². The molecule has 0 aromatic rings. The predicted octanol–water partition coefficient (Wildman–Crippen LogP) is 0.0125. The third-order valence-corrected chi connectivity index (χ3v) is 5.29. The molecule has 2 heterocycles. The van der Waals surface area contributed by atoms with E-state index in [1.807, 2.05) is 6.08 Å². The van der Waals surface area contributed by atoms with Crippen molar-refractivity contribution in [3.63, 3.8) is 0 Å². The summed E-state index contributed by atoms with van der Waals surface area (Å²) in [5.41, 5.74) is -3.15. The summed E-state index contributed by atoms with van der Waals surface area (Å²) in [5, 5.41) is 21.0. The van der Waals surface area contributed by atoms with Crippen molar-refractivity contribution >= 4 is 11.9 Å². The molecule has 0 bridgehead atoms. The molecule has 0 aromatic heterocycles. The van der Waals surface area contributed by atoms with Gasteiger partial charge in [0, 0.05) is 27.1 Å². The fraction of sp³-hybridized carbons (Fsp3) is 0.778. The molecule has 0 aromatic carbocycles. The summed E-state index contributed by atoms with van der Waals surface area (Å²) >= 11 is 0. The number of ether oxygens (including phenoxy) is 3. The standard InChI is InChI=1S/C18H29NO7/c1-11(24-5)18(23,17(3,4)22)16(21)25-10-13-6-8-19-9-7-14(15(13)19)26-12(2)20/h6,11,14-15,22-23H,7-10H2,1-5H3/t11-,14-,15?,18-/m0/s1. The highest BCUT2D eigenvalue weighted by Gasteiger charge is 2.55. The Morgan fingerprint density at radius 2 is 2.04 bits per heavy atom. The summed E-state index contributed by atoms with van der Waals surface area (Å²) in [7, 11) is 1.34. The molecule has 1 fully saturated rings. The van der Waals surface area contributed by atoms with Crippen LogP contribution in [0.3, 0.4) is 0 Å². The molecule has 4 atom stereocenters. The number of carbonyl (C=O) groups excluding carboxylic acids is 2. The highest BCUT2D eigenvalue weighted by Crippen LogP contribution is 2.33. The molecule has 0 saturated carbocycles. The van der Waals surface area contributed by atoms with Gasteiger partial charge in [-0.05, 0) is 32.8 Å². The third kappa shape index (κ3) is 3.78. The van der Waals surface area contributed by atoms with Crippen LogP contribution in [0.15, 0.2) is 11.6 Å². The van der Waals surface area contributed by atoms with Crippen LogP contribution in [-0.2, 0) is 23.8 Å². The van der Waals surface area contributed by atoms with Gasteiger partial charge in [0.15, 0.2) is 0 Å². The van der Waals surface area contributed by atoms with Gasteiger partial charge in [-0.15, -0.1) is 0 Å². The maximum Gasteiger partial charge on any atom is 0.344 e. The number of esters is 2.